The third-order valence-corrected chi connectivity index (χ3v) is 16.5. The number of fused-ring (bicyclic) bond motifs is 4. The lowest BCUT2D eigenvalue weighted by Crippen LogP contribution is -2.32. The molecular formula is C78H86N4O. The van der Waals surface area contributed by atoms with Crippen LogP contribution in [0.5, 0.6) is 11.5 Å². The highest BCUT2D eigenvalue weighted by Gasteiger charge is 2.42. The fourth-order valence-electron chi connectivity index (χ4n) is 12.9. The molecule has 424 valence electrons. The molecule has 1 aliphatic heterocycles. The van der Waals surface area contributed by atoms with Gasteiger partial charge in [-0.25, -0.2) is 4.98 Å². The van der Waals surface area contributed by atoms with Crippen LogP contribution in [0.4, 0.5) is 22.7 Å². The summed E-state index contributed by atoms with van der Waals surface area (Å²) in [7, 11) is 0. The van der Waals surface area contributed by atoms with E-state index in [1.54, 1.807) is 6.20 Å². The number of aromatic nitrogens is 2. The van der Waals surface area contributed by atoms with Gasteiger partial charge in [-0.1, -0.05) is 234 Å². The smallest absolute Gasteiger partial charge is 0.137 e. The van der Waals surface area contributed by atoms with Crippen LogP contribution in [-0.2, 0) is 32.5 Å². The van der Waals surface area contributed by atoms with Gasteiger partial charge in [0, 0.05) is 45.9 Å². The highest BCUT2D eigenvalue weighted by molar-refractivity contribution is 6.09. The highest BCUT2D eigenvalue weighted by Crippen LogP contribution is 2.59. The van der Waals surface area contributed by atoms with E-state index in [-0.39, 0.29) is 56.7 Å². The van der Waals surface area contributed by atoms with Gasteiger partial charge in [0.25, 0.3) is 0 Å². The van der Waals surface area contributed by atoms with Gasteiger partial charge in [-0.3, -0.25) is 4.57 Å². The zero-order valence-electron chi connectivity index (χ0n) is 56.4. The van der Waals surface area contributed by atoms with Crippen LogP contribution in [0, 0.1) is 0 Å². The number of pyridine rings is 1. The molecule has 5 heteroatoms. The molecule has 0 spiro atoms. The van der Waals surface area contributed by atoms with Crippen molar-refractivity contribution in [2.75, 3.05) is 16.5 Å². The molecule has 0 radical (unpaired) electrons. The predicted molar refractivity (Wildman–Crippen MR) is 356 cm³/mol. The first-order valence-corrected chi connectivity index (χ1v) is 29.6. The number of ether oxygens (including phenoxy) is 1. The van der Waals surface area contributed by atoms with E-state index in [1.165, 1.54) is 61.3 Å². The van der Waals surface area contributed by atoms with Crippen LogP contribution >= 0.6 is 0 Å². The van der Waals surface area contributed by atoms with Crippen LogP contribution < -0.4 is 14.5 Å². The number of anilines is 4. The average Bonchev–Trinajstić information content (AvgIpc) is 1.70. The Morgan fingerprint density at radius 3 is 1.51 bits per heavy atom. The van der Waals surface area contributed by atoms with Gasteiger partial charge < -0.3 is 14.5 Å². The largest absolute Gasteiger partial charge is 0.457 e. The molecule has 2 aromatic heterocycles. The van der Waals surface area contributed by atoms with E-state index in [4.69, 9.17) is 12.5 Å². The van der Waals surface area contributed by atoms with E-state index in [1.807, 2.05) is 34.9 Å². The first kappa shape index (κ1) is 52.0. The number of rotatable bonds is 8. The second-order valence-electron chi connectivity index (χ2n) is 29.1. The summed E-state index contributed by atoms with van der Waals surface area (Å²) in [5.41, 5.74) is 18.6. The lowest BCUT2D eigenvalue weighted by molar-refractivity contribution is 0.483. The van der Waals surface area contributed by atoms with Crippen LogP contribution in [-0.4, -0.2) is 16.2 Å². The molecule has 0 amide bonds. The van der Waals surface area contributed by atoms with E-state index in [0.717, 1.165) is 28.2 Å². The molecule has 0 N–H and O–H groups in total. The second-order valence-corrected chi connectivity index (χ2v) is 29.1. The van der Waals surface area contributed by atoms with Crippen LogP contribution in [0.15, 0.2) is 182 Å². The van der Waals surface area contributed by atoms with Crippen LogP contribution in [0.25, 0.3) is 61.0 Å². The molecule has 83 heavy (non-hydrogen) atoms. The Labute approximate surface area is 501 Å². The molecule has 5 nitrogen and oxygen atoms in total. The van der Waals surface area contributed by atoms with Gasteiger partial charge in [0.1, 0.15) is 24.0 Å². The fourth-order valence-corrected chi connectivity index (χ4v) is 12.9. The van der Waals surface area contributed by atoms with Gasteiger partial charge in [0.2, 0.25) is 0 Å². The van der Waals surface area contributed by atoms with Crippen molar-refractivity contribution in [2.45, 2.75) is 157 Å². The van der Waals surface area contributed by atoms with Gasteiger partial charge in [-0.2, -0.15) is 0 Å². The van der Waals surface area contributed by atoms with E-state index in [2.05, 4.69) is 256 Å². The van der Waals surface area contributed by atoms with E-state index in [9.17, 15) is 2.74 Å². The quantitative estimate of drug-likeness (QED) is 0.152. The second kappa shape index (κ2) is 20.5. The summed E-state index contributed by atoms with van der Waals surface area (Å²) < 4.78 is 45.5. The molecule has 0 saturated heterocycles. The summed E-state index contributed by atoms with van der Waals surface area (Å²) in [6.07, 6.45) is 1.78. The van der Waals surface area contributed by atoms with Crippen molar-refractivity contribution in [3.05, 3.63) is 215 Å². The summed E-state index contributed by atoms with van der Waals surface area (Å²) in [4.78, 5) is 9.95. The lowest BCUT2D eigenvalue weighted by atomic mass is 9.64. The van der Waals surface area contributed by atoms with Gasteiger partial charge >= 0.3 is 0 Å². The Bertz CT molecular complexity index is 4220. The monoisotopic (exact) mass is 1100 g/mol. The number of nitrogens with zero attached hydrogens (tertiary/aromatic N) is 4. The molecule has 3 heterocycles. The van der Waals surface area contributed by atoms with E-state index in [0.29, 0.717) is 45.8 Å². The van der Waals surface area contributed by atoms with Crippen molar-refractivity contribution in [3.8, 4) is 50.7 Å². The van der Waals surface area contributed by atoms with Crippen LogP contribution in [0.1, 0.15) is 163 Å². The van der Waals surface area contributed by atoms with Crippen molar-refractivity contribution in [2.24, 2.45) is 0 Å². The summed E-state index contributed by atoms with van der Waals surface area (Å²) in [5.74, 6) is 1.74. The van der Waals surface area contributed by atoms with E-state index >= 15 is 0 Å². The van der Waals surface area contributed by atoms with Gasteiger partial charge in [0.05, 0.1) is 33.6 Å². The third-order valence-electron chi connectivity index (χ3n) is 16.5. The summed E-state index contributed by atoms with van der Waals surface area (Å²) in [6.45, 7) is 42.2. The molecule has 0 saturated carbocycles. The number of hydrogen-bond donors (Lipinski definition) is 0. The predicted octanol–water partition coefficient (Wildman–Crippen LogP) is 22.0. The molecule has 0 atom stereocenters. The fraction of sp³-hybridized carbons (Fsp3) is 0.321. The number of hydrogen-bond acceptors (Lipinski definition) is 4. The summed E-state index contributed by atoms with van der Waals surface area (Å²) >= 11 is 0. The SMILES string of the molecule is [2H]c1c([2H])c([2H])c2c(c1[2H])c1ccc(Oc3cc(-c4c(C(C)(C)C)cccc4C(C)(C)C)cc(N4CN(c5c(-c6ccccc6)c(C(C)(C)C)c(C(C)(C)C)c(C(C)(C)C)c5-c5ccccc5)c5ccccc54)c3)cc1n2-c1cc(C(C)(C)C)ccn1. The third kappa shape index (κ3) is 10.6. The molecule has 0 fully saturated rings. The maximum absolute atomic E-state index is 9.35. The topological polar surface area (TPSA) is 33.5 Å². The van der Waals surface area contributed by atoms with E-state index < -0.39 is 0 Å². The van der Waals surface area contributed by atoms with Crippen molar-refractivity contribution in [1.82, 2.24) is 9.55 Å². The van der Waals surface area contributed by atoms with Crippen LogP contribution in [0.3, 0.4) is 0 Å². The lowest BCUT2D eigenvalue weighted by Gasteiger charge is -2.43. The summed E-state index contributed by atoms with van der Waals surface area (Å²) in [5, 5.41) is 1.11. The Morgan fingerprint density at radius 2 is 0.964 bits per heavy atom. The average molecular weight is 1100 g/mol. The molecule has 8 aromatic carbocycles. The van der Waals surface area contributed by atoms with Crippen molar-refractivity contribution < 1.29 is 10.2 Å². The molecule has 11 rings (SSSR count). The molecular weight excluding hydrogens is 1010 g/mol. The number of benzene rings is 8. The van der Waals surface area contributed by atoms with Crippen molar-refractivity contribution in [3.63, 3.8) is 0 Å². The minimum atomic E-state index is -0.296. The first-order chi connectivity index (χ1) is 40.7. The van der Waals surface area contributed by atoms with Crippen molar-refractivity contribution >= 4 is 44.6 Å². The zero-order valence-corrected chi connectivity index (χ0v) is 52.4. The summed E-state index contributed by atoms with van der Waals surface area (Å²) in [6, 6.07) is 53.6. The zero-order chi connectivity index (χ0) is 62.8. The van der Waals surface area contributed by atoms with Gasteiger partial charge in [0.15, 0.2) is 0 Å². The Hall–Kier alpha value is -7.89. The Balaban J connectivity index is 1.20. The minimum absolute atomic E-state index is 0.0963. The normalized spacial score (nSPS) is 14.2. The molecule has 1 aliphatic rings. The number of para-hydroxylation sites is 3. The Kier molecular flexibility index (Phi) is 12.8. The standard InChI is InChI=1S/C78H86N4O/c1-73(2,3)53-42-43-79-65(46-53)82-61-37-26-25-34-57(61)58-41-40-55(48-64(58)82)83-56-45-52(66-59(74(4,5)6)35-29-36-60(66)75(7,8)9)44-54(47-56)80-49-81(63-39-28-27-38-62(63)80)72-67(50-30-21-19-22-31-50)69(76(10,11)12)71(78(16,17)18)70(77(13,14)15)68(72)51-32-23-20-24-33-51/h19-48H,49H2,1-18H3/i25D,26D,34D,37D. The molecule has 0 unspecified atom stereocenters. The van der Waals surface area contributed by atoms with Gasteiger partial charge in [-0.05, 0) is 143 Å². The van der Waals surface area contributed by atoms with Crippen LogP contribution in [0.2, 0.25) is 0 Å². The molecule has 0 bridgehead atoms. The highest BCUT2D eigenvalue weighted by atomic mass is 16.5. The minimum Gasteiger partial charge on any atom is -0.457 e. The van der Waals surface area contributed by atoms with Crippen molar-refractivity contribution in [1.29, 1.82) is 0 Å². The van der Waals surface area contributed by atoms with Gasteiger partial charge in [-0.15, -0.1) is 0 Å². The Morgan fingerprint density at radius 1 is 0.422 bits per heavy atom. The molecule has 0 aliphatic carbocycles. The maximum atomic E-state index is 9.35. The maximum Gasteiger partial charge on any atom is 0.137 e. The molecule has 10 aromatic rings. The first-order valence-electron chi connectivity index (χ1n) is 31.6.